The summed E-state index contributed by atoms with van der Waals surface area (Å²) in [4.78, 5) is 13.9. The number of halogens is 1. The van der Waals surface area contributed by atoms with Gasteiger partial charge in [-0.3, -0.25) is 4.79 Å². The predicted molar refractivity (Wildman–Crippen MR) is 71.3 cm³/mol. The quantitative estimate of drug-likeness (QED) is 0.836. The van der Waals surface area contributed by atoms with E-state index in [9.17, 15) is 4.79 Å². The molecule has 1 fully saturated rings. The first-order valence-electron chi connectivity index (χ1n) is 6.24. The highest BCUT2D eigenvalue weighted by Gasteiger charge is 2.25. The molecule has 1 rings (SSSR count). The maximum Gasteiger partial charge on any atom is 0.253 e. The normalized spacial score (nSPS) is 22.5. The molecule has 1 saturated heterocycles. The molecule has 1 aliphatic rings. The van der Waals surface area contributed by atoms with Crippen molar-refractivity contribution in [3.8, 4) is 0 Å². The Morgan fingerprint density at radius 2 is 2.18 bits per heavy atom. The molecule has 2 N–H and O–H groups in total. The van der Waals surface area contributed by atoms with Crippen LogP contribution in [0.15, 0.2) is 0 Å². The lowest BCUT2D eigenvalue weighted by molar-refractivity contribution is -0.141. The van der Waals surface area contributed by atoms with E-state index in [1.807, 2.05) is 4.90 Å². The molecule has 2 atom stereocenters. The van der Waals surface area contributed by atoms with E-state index in [1.54, 1.807) is 7.11 Å². The van der Waals surface area contributed by atoms with Crippen LogP contribution in [0.3, 0.4) is 0 Å². The van der Waals surface area contributed by atoms with Gasteiger partial charge in [0.15, 0.2) is 0 Å². The second-order valence-electron chi connectivity index (χ2n) is 4.49. The molecular formula is C12H25ClN2O2. The van der Waals surface area contributed by atoms with Crippen molar-refractivity contribution in [2.45, 2.75) is 38.7 Å². The molecule has 17 heavy (non-hydrogen) atoms. The van der Waals surface area contributed by atoms with Gasteiger partial charge in [0.2, 0.25) is 0 Å². The number of nitrogens with zero attached hydrogens (tertiary/aromatic N) is 1. The van der Waals surface area contributed by atoms with Gasteiger partial charge in [-0.15, -0.1) is 12.4 Å². The molecule has 0 aliphatic carbocycles. The molecule has 1 aliphatic heterocycles. The summed E-state index contributed by atoms with van der Waals surface area (Å²) in [6.07, 6.45) is 4.21. The summed E-state index contributed by atoms with van der Waals surface area (Å²) in [5.41, 5.74) is 5.51. The average molecular weight is 265 g/mol. The lowest BCUT2D eigenvalue weighted by atomic mass is 9.98. The van der Waals surface area contributed by atoms with E-state index in [0.29, 0.717) is 0 Å². The average Bonchev–Trinajstić information content (AvgIpc) is 2.55. The largest absolute Gasteiger partial charge is 0.370 e. The van der Waals surface area contributed by atoms with Crippen molar-refractivity contribution in [2.24, 2.45) is 11.7 Å². The Hall–Kier alpha value is -0.320. The molecule has 102 valence electrons. The smallest absolute Gasteiger partial charge is 0.253 e. The van der Waals surface area contributed by atoms with Gasteiger partial charge in [-0.05, 0) is 25.2 Å². The second-order valence-corrected chi connectivity index (χ2v) is 4.49. The van der Waals surface area contributed by atoms with Gasteiger partial charge >= 0.3 is 0 Å². The zero-order valence-corrected chi connectivity index (χ0v) is 11.7. The summed E-state index contributed by atoms with van der Waals surface area (Å²) >= 11 is 0. The van der Waals surface area contributed by atoms with Gasteiger partial charge in [-0.25, -0.2) is 0 Å². The third kappa shape index (κ3) is 4.82. The number of carbonyl (C=O) groups excluding carboxylic acids is 1. The Bertz CT molecular complexity index is 223. The number of ether oxygens (including phenoxy) is 1. The highest BCUT2D eigenvalue weighted by atomic mass is 35.5. The van der Waals surface area contributed by atoms with Crippen LogP contribution in [0.4, 0.5) is 0 Å². The SMILES string of the molecule is CCC1CCCN(C(=O)C(CN)OC)CC1.Cl. The summed E-state index contributed by atoms with van der Waals surface area (Å²) in [6, 6.07) is 0. The Labute approximate surface area is 110 Å². The van der Waals surface area contributed by atoms with Crippen LogP contribution in [0, 0.1) is 5.92 Å². The van der Waals surface area contributed by atoms with Crippen molar-refractivity contribution >= 4 is 18.3 Å². The van der Waals surface area contributed by atoms with Crippen molar-refractivity contribution in [3.63, 3.8) is 0 Å². The van der Waals surface area contributed by atoms with Crippen molar-refractivity contribution in [3.05, 3.63) is 0 Å². The Morgan fingerprint density at radius 3 is 2.71 bits per heavy atom. The van der Waals surface area contributed by atoms with Crippen LogP contribution in [0.1, 0.15) is 32.6 Å². The number of methoxy groups -OCH3 is 1. The molecule has 0 saturated carbocycles. The fraction of sp³-hybridized carbons (Fsp3) is 0.917. The van der Waals surface area contributed by atoms with Gasteiger partial charge in [0.25, 0.3) is 5.91 Å². The number of rotatable bonds is 4. The number of nitrogens with two attached hydrogens (primary N) is 1. The van der Waals surface area contributed by atoms with Crippen LogP contribution < -0.4 is 5.73 Å². The van der Waals surface area contributed by atoms with E-state index in [0.717, 1.165) is 31.8 Å². The third-order valence-electron chi connectivity index (χ3n) is 3.51. The fourth-order valence-corrected chi connectivity index (χ4v) is 2.30. The second kappa shape index (κ2) is 8.72. The minimum absolute atomic E-state index is 0. The van der Waals surface area contributed by atoms with Gasteiger partial charge in [-0.2, -0.15) is 0 Å². The fourth-order valence-electron chi connectivity index (χ4n) is 2.30. The Kier molecular flexibility index (Phi) is 8.56. The molecular weight excluding hydrogens is 240 g/mol. The number of amides is 1. The molecule has 0 radical (unpaired) electrons. The van der Waals surface area contributed by atoms with Crippen molar-refractivity contribution in [1.82, 2.24) is 4.90 Å². The highest BCUT2D eigenvalue weighted by molar-refractivity contribution is 5.85. The minimum atomic E-state index is -0.460. The number of hydrogen-bond acceptors (Lipinski definition) is 3. The van der Waals surface area contributed by atoms with E-state index in [1.165, 1.54) is 12.8 Å². The van der Waals surface area contributed by atoms with Crippen LogP contribution in [0.2, 0.25) is 0 Å². The summed E-state index contributed by atoms with van der Waals surface area (Å²) in [5.74, 6) is 0.832. The summed E-state index contributed by atoms with van der Waals surface area (Å²) < 4.78 is 5.09. The lowest BCUT2D eigenvalue weighted by Gasteiger charge is -2.24. The monoisotopic (exact) mass is 264 g/mol. The molecule has 0 spiro atoms. The molecule has 2 unspecified atom stereocenters. The number of likely N-dealkylation sites (tertiary alicyclic amines) is 1. The van der Waals surface area contributed by atoms with Crippen molar-refractivity contribution in [1.29, 1.82) is 0 Å². The van der Waals surface area contributed by atoms with Gasteiger partial charge in [0, 0.05) is 26.7 Å². The molecule has 0 bridgehead atoms. The van der Waals surface area contributed by atoms with E-state index in [-0.39, 0.29) is 24.9 Å². The zero-order chi connectivity index (χ0) is 12.0. The standard InChI is InChI=1S/C12H24N2O2.ClH/c1-3-10-5-4-7-14(8-6-10)12(15)11(9-13)16-2;/h10-11H,3-9,13H2,1-2H3;1H. The molecule has 1 amide bonds. The van der Waals surface area contributed by atoms with Crippen molar-refractivity contribution < 1.29 is 9.53 Å². The van der Waals surface area contributed by atoms with Crippen LogP contribution >= 0.6 is 12.4 Å². The lowest BCUT2D eigenvalue weighted by Crippen LogP contribution is -2.44. The molecule has 0 aromatic heterocycles. The first-order valence-corrected chi connectivity index (χ1v) is 6.24. The van der Waals surface area contributed by atoms with E-state index in [4.69, 9.17) is 10.5 Å². The predicted octanol–water partition coefficient (Wildman–Crippen LogP) is 1.42. The zero-order valence-electron chi connectivity index (χ0n) is 10.9. The van der Waals surface area contributed by atoms with Crippen LogP contribution in [0.25, 0.3) is 0 Å². The highest BCUT2D eigenvalue weighted by Crippen LogP contribution is 2.20. The summed E-state index contributed by atoms with van der Waals surface area (Å²) in [7, 11) is 1.54. The van der Waals surface area contributed by atoms with Gasteiger partial charge in [-0.1, -0.05) is 13.3 Å². The summed E-state index contributed by atoms with van der Waals surface area (Å²) in [6.45, 7) is 4.20. The Morgan fingerprint density at radius 1 is 1.47 bits per heavy atom. The van der Waals surface area contributed by atoms with E-state index < -0.39 is 6.10 Å². The maximum atomic E-state index is 12.0. The molecule has 1 heterocycles. The first-order chi connectivity index (χ1) is 7.72. The van der Waals surface area contributed by atoms with Crippen LogP contribution in [-0.2, 0) is 9.53 Å². The Balaban J connectivity index is 0.00000256. The van der Waals surface area contributed by atoms with Gasteiger partial charge in [0.1, 0.15) is 6.10 Å². The van der Waals surface area contributed by atoms with E-state index in [2.05, 4.69) is 6.92 Å². The van der Waals surface area contributed by atoms with Gasteiger partial charge < -0.3 is 15.4 Å². The molecule has 5 heteroatoms. The van der Waals surface area contributed by atoms with Crippen LogP contribution in [-0.4, -0.2) is 43.7 Å². The van der Waals surface area contributed by atoms with Gasteiger partial charge in [0.05, 0.1) is 0 Å². The number of carbonyl (C=O) groups is 1. The third-order valence-corrected chi connectivity index (χ3v) is 3.51. The summed E-state index contributed by atoms with van der Waals surface area (Å²) in [5, 5.41) is 0. The number of hydrogen-bond donors (Lipinski definition) is 1. The molecule has 0 aromatic carbocycles. The maximum absolute atomic E-state index is 12.0. The van der Waals surface area contributed by atoms with E-state index >= 15 is 0 Å². The van der Waals surface area contributed by atoms with Crippen molar-refractivity contribution in [2.75, 3.05) is 26.7 Å². The molecule has 0 aromatic rings. The minimum Gasteiger partial charge on any atom is -0.370 e. The molecule has 4 nitrogen and oxygen atoms in total. The van der Waals surface area contributed by atoms with Crippen LogP contribution in [0.5, 0.6) is 0 Å². The topological polar surface area (TPSA) is 55.6 Å². The first kappa shape index (κ1) is 16.7.